The number of aromatic hydroxyl groups is 1. The standard InChI is InChI=1S/C13H16N2O2/c1-3-17-12(10-7-5-4-6-8-10)13-14-11(16)9-15(13)2/h4-9,12,16H,3H2,1-2H3. The van der Waals surface area contributed by atoms with Crippen LogP contribution in [-0.2, 0) is 11.8 Å². The minimum atomic E-state index is -0.243. The van der Waals surface area contributed by atoms with Gasteiger partial charge < -0.3 is 14.4 Å². The van der Waals surface area contributed by atoms with Crippen molar-refractivity contribution in [2.24, 2.45) is 7.05 Å². The number of nitrogens with zero attached hydrogens (tertiary/aromatic N) is 2. The summed E-state index contributed by atoms with van der Waals surface area (Å²) in [5.41, 5.74) is 1.03. The van der Waals surface area contributed by atoms with Gasteiger partial charge in [-0.05, 0) is 12.5 Å². The van der Waals surface area contributed by atoms with E-state index in [-0.39, 0.29) is 12.0 Å². The van der Waals surface area contributed by atoms with Gasteiger partial charge in [0, 0.05) is 13.7 Å². The zero-order chi connectivity index (χ0) is 12.3. The molecular weight excluding hydrogens is 216 g/mol. The van der Waals surface area contributed by atoms with E-state index in [9.17, 15) is 5.11 Å². The summed E-state index contributed by atoms with van der Waals surface area (Å²) in [7, 11) is 1.84. The van der Waals surface area contributed by atoms with Gasteiger partial charge in [0.1, 0.15) is 11.9 Å². The minimum Gasteiger partial charge on any atom is -0.492 e. The van der Waals surface area contributed by atoms with Crippen molar-refractivity contribution < 1.29 is 9.84 Å². The number of hydrogen-bond donors (Lipinski definition) is 1. The highest BCUT2D eigenvalue weighted by Crippen LogP contribution is 2.26. The number of aryl methyl sites for hydroxylation is 1. The highest BCUT2D eigenvalue weighted by Gasteiger charge is 2.19. The van der Waals surface area contributed by atoms with Crippen molar-refractivity contribution in [1.82, 2.24) is 9.55 Å². The topological polar surface area (TPSA) is 47.3 Å². The molecule has 0 aliphatic carbocycles. The van der Waals surface area contributed by atoms with Crippen LogP contribution in [0.5, 0.6) is 5.88 Å². The quantitative estimate of drug-likeness (QED) is 0.879. The number of ether oxygens (including phenoxy) is 1. The monoisotopic (exact) mass is 232 g/mol. The lowest BCUT2D eigenvalue weighted by Crippen LogP contribution is -2.11. The predicted octanol–water partition coefficient (Wildman–Crippen LogP) is 2.25. The van der Waals surface area contributed by atoms with Gasteiger partial charge in [0.15, 0.2) is 0 Å². The zero-order valence-electron chi connectivity index (χ0n) is 10.00. The van der Waals surface area contributed by atoms with Gasteiger partial charge in [-0.25, -0.2) is 0 Å². The summed E-state index contributed by atoms with van der Waals surface area (Å²) in [6.45, 7) is 2.53. The maximum atomic E-state index is 9.41. The molecule has 0 saturated heterocycles. The second kappa shape index (κ2) is 5.01. The number of rotatable bonds is 4. The van der Waals surface area contributed by atoms with Crippen LogP contribution in [0.3, 0.4) is 0 Å². The van der Waals surface area contributed by atoms with Crippen molar-refractivity contribution in [3.63, 3.8) is 0 Å². The maximum absolute atomic E-state index is 9.41. The maximum Gasteiger partial charge on any atom is 0.229 e. The molecule has 0 fully saturated rings. The van der Waals surface area contributed by atoms with E-state index in [2.05, 4.69) is 4.98 Å². The highest BCUT2D eigenvalue weighted by molar-refractivity contribution is 5.25. The molecule has 1 atom stereocenters. The van der Waals surface area contributed by atoms with Gasteiger partial charge in [-0.2, -0.15) is 4.98 Å². The molecule has 0 bridgehead atoms. The Morgan fingerprint density at radius 1 is 1.35 bits per heavy atom. The Labute approximate surface area is 100 Å². The largest absolute Gasteiger partial charge is 0.492 e. The molecule has 90 valence electrons. The molecule has 1 heterocycles. The van der Waals surface area contributed by atoms with Gasteiger partial charge in [-0.3, -0.25) is 0 Å². The lowest BCUT2D eigenvalue weighted by molar-refractivity contribution is 0.0830. The fraction of sp³-hybridized carbons (Fsp3) is 0.308. The summed E-state index contributed by atoms with van der Waals surface area (Å²) >= 11 is 0. The summed E-state index contributed by atoms with van der Waals surface area (Å²) in [6, 6.07) is 9.87. The molecule has 2 aromatic rings. The predicted molar refractivity (Wildman–Crippen MR) is 64.8 cm³/mol. The van der Waals surface area contributed by atoms with Gasteiger partial charge in [0.2, 0.25) is 5.88 Å². The first-order valence-corrected chi connectivity index (χ1v) is 5.61. The van der Waals surface area contributed by atoms with Crippen LogP contribution in [0.4, 0.5) is 0 Å². The average Bonchev–Trinajstić information content (AvgIpc) is 2.66. The van der Waals surface area contributed by atoms with Gasteiger partial charge in [0.05, 0.1) is 6.20 Å². The third-order valence-electron chi connectivity index (χ3n) is 2.57. The van der Waals surface area contributed by atoms with Crippen molar-refractivity contribution in [1.29, 1.82) is 0 Å². The van der Waals surface area contributed by atoms with Crippen molar-refractivity contribution in [2.45, 2.75) is 13.0 Å². The Morgan fingerprint density at radius 2 is 2.06 bits per heavy atom. The fourth-order valence-corrected chi connectivity index (χ4v) is 1.82. The Bertz CT molecular complexity index is 479. The van der Waals surface area contributed by atoms with Crippen molar-refractivity contribution in [3.05, 3.63) is 47.9 Å². The second-order valence-corrected chi connectivity index (χ2v) is 3.81. The molecule has 4 nitrogen and oxygen atoms in total. The third kappa shape index (κ3) is 2.47. The van der Waals surface area contributed by atoms with Crippen LogP contribution in [-0.4, -0.2) is 21.3 Å². The first-order valence-electron chi connectivity index (χ1n) is 5.61. The van der Waals surface area contributed by atoms with E-state index in [0.717, 1.165) is 5.56 Å². The van der Waals surface area contributed by atoms with Crippen LogP contribution in [0.1, 0.15) is 24.4 Å². The summed E-state index contributed by atoms with van der Waals surface area (Å²) in [5, 5.41) is 9.41. The van der Waals surface area contributed by atoms with E-state index in [1.807, 2.05) is 44.3 Å². The van der Waals surface area contributed by atoms with Crippen LogP contribution in [0.25, 0.3) is 0 Å². The normalized spacial score (nSPS) is 12.6. The van der Waals surface area contributed by atoms with E-state index in [1.54, 1.807) is 10.8 Å². The van der Waals surface area contributed by atoms with Gasteiger partial charge in [-0.15, -0.1) is 0 Å². The van der Waals surface area contributed by atoms with Crippen LogP contribution < -0.4 is 0 Å². The van der Waals surface area contributed by atoms with Crippen molar-refractivity contribution in [3.8, 4) is 5.88 Å². The van der Waals surface area contributed by atoms with E-state index in [0.29, 0.717) is 12.4 Å². The van der Waals surface area contributed by atoms with E-state index in [4.69, 9.17) is 4.74 Å². The Kier molecular flexibility index (Phi) is 3.44. The molecular formula is C13H16N2O2. The van der Waals surface area contributed by atoms with Crippen LogP contribution in [0, 0.1) is 0 Å². The summed E-state index contributed by atoms with van der Waals surface area (Å²) < 4.78 is 7.49. The Morgan fingerprint density at radius 3 is 2.59 bits per heavy atom. The van der Waals surface area contributed by atoms with Crippen LogP contribution in [0.15, 0.2) is 36.5 Å². The molecule has 0 amide bonds. The van der Waals surface area contributed by atoms with E-state index in [1.165, 1.54) is 0 Å². The molecule has 0 saturated carbocycles. The number of aromatic nitrogens is 2. The molecule has 0 aliphatic rings. The number of imidazole rings is 1. The van der Waals surface area contributed by atoms with Gasteiger partial charge >= 0.3 is 0 Å². The Balaban J connectivity index is 2.39. The van der Waals surface area contributed by atoms with Gasteiger partial charge in [-0.1, -0.05) is 30.3 Å². The first kappa shape index (κ1) is 11.7. The van der Waals surface area contributed by atoms with Crippen LogP contribution >= 0.6 is 0 Å². The second-order valence-electron chi connectivity index (χ2n) is 3.81. The molecule has 0 spiro atoms. The van der Waals surface area contributed by atoms with Crippen LogP contribution in [0.2, 0.25) is 0 Å². The number of hydrogen-bond acceptors (Lipinski definition) is 3. The molecule has 1 unspecified atom stereocenters. The van der Waals surface area contributed by atoms with E-state index >= 15 is 0 Å². The SMILES string of the molecule is CCOC(c1ccccc1)c1nc(O)cn1C. The van der Waals surface area contributed by atoms with Crippen molar-refractivity contribution >= 4 is 0 Å². The Hall–Kier alpha value is -1.81. The zero-order valence-corrected chi connectivity index (χ0v) is 10.00. The average molecular weight is 232 g/mol. The lowest BCUT2D eigenvalue weighted by Gasteiger charge is -2.16. The molecule has 4 heteroatoms. The third-order valence-corrected chi connectivity index (χ3v) is 2.57. The molecule has 2 rings (SSSR count). The summed E-state index contributed by atoms with van der Waals surface area (Å²) in [6.07, 6.45) is 1.33. The molecule has 1 aromatic carbocycles. The highest BCUT2D eigenvalue weighted by atomic mass is 16.5. The smallest absolute Gasteiger partial charge is 0.229 e. The molecule has 17 heavy (non-hydrogen) atoms. The molecule has 1 N–H and O–H groups in total. The molecule has 0 radical (unpaired) electrons. The lowest BCUT2D eigenvalue weighted by atomic mass is 10.1. The fourth-order valence-electron chi connectivity index (χ4n) is 1.82. The van der Waals surface area contributed by atoms with E-state index < -0.39 is 0 Å². The minimum absolute atomic E-state index is 0.0168. The number of benzene rings is 1. The van der Waals surface area contributed by atoms with Gasteiger partial charge in [0.25, 0.3) is 0 Å². The molecule has 0 aliphatic heterocycles. The molecule has 1 aromatic heterocycles. The van der Waals surface area contributed by atoms with Crippen molar-refractivity contribution in [2.75, 3.05) is 6.61 Å². The summed E-state index contributed by atoms with van der Waals surface area (Å²) in [4.78, 5) is 4.10. The summed E-state index contributed by atoms with van der Waals surface area (Å²) in [5.74, 6) is 0.721. The first-order chi connectivity index (χ1) is 8.22.